The summed E-state index contributed by atoms with van der Waals surface area (Å²) in [4.78, 5) is 17.6. The molecule has 0 unspecified atom stereocenters. The smallest absolute Gasteiger partial charge is 0.261 e. The molecule has 4 aromatic carbocycles. The van der Waals surface area contributed by atoms with E-state index in [1.807, 2.05) is 49.4 Å². The van der Waals surface area contributed by atoms with Gasteiger partial charge in [0, 0.05) is 5.69 Å². The van der Waals surface area contributed by atoms with Crippen LogP contribution in [0.3, 0.4) is 0 Å². The van der Waals surface area contributed by atoms with Crippen molar-refractivity contribution in [3.05, 3.63) is 82.3 Å². The number of anilines is 1. The molecule has 1 aromatic heterocycles. The maximum absolute atomic E-state index is 13.1. The molecule has 5 aromatic rings. The van der Waals surface area contributed by atoms with E-state index in [2.05, 4.69) is 31.5 Å². The number of aryl methyl sites for hydroxylation is 1. The van der Waals surface area contributed by atoms with Crippen molar-refractivity contribution in [3.63, 3.8) is 0 Å². The van der Waals surface area contributed by atoms with Gasteiger partial charge in [-0.25, -0.2) is 4.98 Å². The van der Waals surface area contributed by atoms with Crippen LogP contribution in [0.5, 0.6) is 11.5 Å². The van der Waals surface area contributed by atoms with Crippen molar-refractivity contribution < 1.29 is 19.1 Å². The largest absolute Gasteiger partial charge is 0.507 e. The van der Waals surface area contributed by atoms with Gasteiger partial charge in [0.05, 0.1) is 22.7 Å². The number of nitrogens with zero attached hydrogens (tertiary/aromatic N) is 1. The highest BCUT2D eigenvalue weighted by Crippen LogP contribution is 2.37. The number of oxazole rings is 1. The number of hydrogen-bond acceptors (Lipinski definition) is 6. The van der Waals surface area contributed by atoms with E-state index in [-0.39, 0.29) is 16.8 Å². The van der Waals surface area contributed by atoms with Crippen molar-refractivity contribution in [2.24, 2.45) is 0 Å². The fraction of sp³-hybridized carbons (Fsp3) is 0.0741. The molecule has 0 aliphatic rings. The van der Waals surface area contributed by atoms with Crippen molar-refractivity contribution in [2.45, 2.75) is 6.92 Å². The van der Waals surface area contributed by atoms with Crippen LogP contribution in [-0.4, -0.2) is 28.2 Å². The molecule has 180 valence electrons. The molecule has 0 saturated heterocycles. The third-order valence-electron chi connectivity index (χ3n) is 5.65. The quantitative estimate of drug-likeness (QED) is 0.169. The number of phenolic OH excluding ortho intramolecular Hbond substituents is 1. The van der Waals surface area contributed by atoms with E-state index in [0.29, 0.717) is 38.1 Å². The highest BCUT2D eigenvalue weighted by atomic mass is 79.9. The first-order valence-corrected chi connectivity index (χ1v) is 12.1. The molecule has 9 heteroatoms. The number of aromatic nitrogens is 1. The van der Waals surface area contributed by atoms with Crippen LogP contribution in [0.25, 0.3) is 33.3 Å². The number of amides is 1. The molecular formula is C27H20BrN3O4S. The second-order valence-corrected chi connectivity index (χ2v) is 9.32. The minimum Gasteiger partial charge on any atom is -0.507 e. The minimum absolute atomic E-state index is 0.00420. The van der Waals surface area contributed by atoms with Gasteiger partial charge in [0.15, 0.2) is 10.7 Å². The molecule has 7 nitrogen and oxygen atoms in total. The van der Waals surface area contributed by atoms with Crippen molar-refractivity contribution in [3.8, 4) is 23.0 Å². The number of thiocarbonyl (C=S) groups is 1. The lowest BCUT2D eigenvalue weighted by Crippen LogP contribution is -2.34. The maximum Gasteiger partial charge on any atom is 0.261 e. The summed E-state index contributed by atoms with van der Waals surface area (Å²) in [7, 11) is 1.51. The summed E-state index contributed by atoms with van der Waals surface area (Å²) >= 11 is 8.93. The first-order valence-electron chi connectivity index (χ1n) is 10.9. The Bertz CT molecular complexity index is 1660. The van der Waals surface area contributed by atoms with E-state index in [9.17, 15) is 9.90 Å². The summed E-state index contributed by atoms with van der Waals surface area (Å²) in [6.45, 7) is 1.96. The highest BCUT2D eigenvalue weighted by molar-refractivity contribution is 9.10. The van der Waals surface area contributed by atoms with Crippen LogP contribution < -0.4 is 15.4 Å². The number of nitrogens with one attached hydrogen (secondary N) is 2. The van der Waals surface area contributed by atoms with Gasteiger partial charge in [-0.1, -0.05) is 30.3 Å². The fourth-order valence-corrected chi connectivity index (χ4v) is 4.86. The summed E-state index contributed by atoms with van der Waals surface area (Å²) < 4.78 is 12.0. The van der Waals surface area contributed by atoms with Crippen LogP contribution in [0.1, 0.15) is 15.9 Å². The van der Waals surface area contributed by atoms with Gasteiger partial charge in [0.1, 0.15) is 17.0 Å². The predicted octanol–water partition coefficient (Wildman–Crippen LogP) is 6.56. The number of methoxy groups -OCH3 is 1. The molecule has 5 rings (SSSR count). The second kappa shape index (κ2) is 9.60. The molecule has 0 spiro atoms. The Kier molecular flexibility index (Phi) is 6.34. The van der Waals surface area contributed by atoms with Crippen LogP contribution >= 0.6 is 28.1 Å². The molecule has 0 aliphatic carbocycles. The molecule has 3 N–H and O–H groups in total. The predicted molar refractivity (Wildman–Crippen MR) is 148 cm³/mol. The van der Waals surface area contributed by atoms with Gasteiger partial charge in [-0.15, -0.1) is 0 Å². The van der Waals surface area contributed by atoms with Crippen LogP contribution in [-0.2, 0) is 0 Å². The lowest BCUT2D eigenvalue weighted by atomic mass is 10.1. The minimum atomic E-state index is -0.427. The third kappa shape index (κ3) is 4.50. The van der Waals surface area contributed by atoms with E-state index in [4.69, 9.17) is 21.4 Å². The molecule has 0 atom stereocenters. The summed E-state index contributed by atoms with van der Waals surface area (Å²) in [6, 6.07) is 19.9. The van der Waals surface area contributed by atoms with Crippen molar-refractivity contribution in [1.82, 2.24) is 10.3 Å². The number of aromatic hydroxyl groups is 1. The molecule has 0 fully saturated rings. The lowest BCUT2D eigenvalue weighted by Gasteiger charge is -2.15. The Labute approximate surface area is 220 Å². The Balaban J connectivity index is 1.38. The van der Waals surface area contributed by atoms with E-state index in [1.54, 1.807) is 18.2 Å². The standard InChI is InChI=1S/C27H20BrN3O4S/c1-14-7-9-20-22(11-14)35-26(30-20)18-13-16(8-10-21(18)32)29-27(36)31-25(33)19-12-15-5-3-4-6-17(15)23(28)24(19)34-2/h3-13,32H,1-2H3,(H2,29,31,33,36). The highest BCUT2D eigenvalue weighted by Gasteiger charge is 2.19. The summed E-state index contributed by atoms with van der Waals surface area (Å²) in [6.07, 6.45) is 0. The average Bonchev–Trinajstić information content (AvgIpc) is 3.28. The number of benzene rings is 4. The van der Waals surface area contributed by atoms with Crippen molar-refractivity contribution in [1.29, 1.82) is 0 Å². The lowest BCUT2D eigenvalue weighted by molar-refractivity contribution is 0.0975. The summed E-state index contributed by atoms with van der Waals surface area (Å²) in [5.74, 6) is 0.262. The molecule has 0 radical (unpaired) electrons. The molecule has 0 saturated carbocycles. The van der Waals surface area contributed by atoms with Gasteiger partial charge in [-0.2, -0.15) is 0 Å². The zero-order chi connectivity index (χ0) is 25.4. The van der Waals surface area contributed by atoms with Crippen LogP contribution in [0.15, 0.2) is 75.6 Å². The second-order valence-electron chi connectivity index (χ2n) is 8.12. The fourth-order valence-electron chi connectivity index (χ4n) is 3.92. The molecule has 1 heterocycles. The van der Waals surface area contributed by atoms with Gasteiger partial charge < -0.3 is 19.6 Å². The van der Waals surface area contributed by atoms with E-state index >= 15 is 0 Å². The van der Waals surface area contributed by atoms with Crippen molar-refractivity contribution >= 4 is 66.7 Å². The topological polar surface area (TPSA) is 96.6 Å². The number of hydrogen-bond donors (Lipinski definition) is 3. The molecular weight excluding hydrogens is 542 g/mol. The number of ether oxygens (including phenoxy) is 1. The first kappa shape index (κ1) is 23.8. The number of carbonyl (C=O) groups is 1. The molecule has 36 heavy (non-hydrogen) atoms. The van der Waals surface area contributed by atoms with Crippen molar-refractivity contribution in [2.75, 3.05) is 12.4 Å². The Morgan fingerprint density at radius 2 is 1.92 bits per heavy atom. The van der Waals surface area contributed by atoms with Gasteiger partial charge >= 0.3 is 0 Å². The normalized spacial score (nSPS) is 11.0. The Hall–Kier alpha value is -3.95. The van der Waals surface area contributed by atoms with Crippen LogP contribution in [0.2, 0.25) is 0 Å². The van der Waals surface area contributed by atoms with Gasteiger partial charge in [0.2, 0.25) is 5.89 Å². The summed E-state index contributed by atoms with van der Waals surface area (Å²) in [5.41, 5.74) is 3.62. The van der Waals surface area contributed by atoms with Gasteiger partial charge in [-0.05, 0) is 87.8 Å². The van der Waals surface area contributed by atoms with E-state index in [0.717, 1.165) is 16.3 Å². The molecule has 0 bridgehead atoms. The number of rotatable bonds is 4. The zero-order valence-corrected chi connectivity index (χ0v) is 21.7. The first-order chi connectivity index (χ1) is 17.3. The monoisotopic (exact) mass is 561 g/mol. The molecule has 0 aliphatic heterocycles. The number of halogens is 1. The van der Waals surface area contributed by atoms with E-state index < -0.39 is 5.91 Å². The zero-order valence-electron chi connectivity index (χ0n) is 19.3. The number of fused-ring (bicyclic) bond motifs is 2. The Morgan fingerprint density at radius 1 is 1.11 bits per heavy atom. The summed E-state index contributed by atoms with van der Waals surface area (Å²) in [5, 5.41) is 18.0. The number of carbonyl (C=O) groups excluding carboxylic acids is 1. The molecule has 1 amide bonds. The van der Waals surface area contributed by atoms with Gasteiger partial charge in [0.25, 0.3) is 5.91 Å². The van der Waals surface area contributed by atoms with Gasteiger partial charge in [-0.3, -0.25) is 10.1 Å². The third-order valence-corrected chi connectivity index (χ3v) is 6.64. The Morgan fingerprint density at radius 3 is 2.72 bits per heavy atom. The SMILES string of the molecule is COc1c(C(=O)NC(=S)Nc2ccc(O)c(-c3nc4ccc(C)cc4o3)c2)cc2ccccc2c1Br. The van der Waals surface area contributed by atoms with E-state index in [1.165, 1.54) is 13.2 Å². The number of phenols is 1. The maximum atomic E-state index is 13.1. The van der Waals surface area contributed by atoms with Crippen LogP contribution in [0.4, 0.5) is 5.69 Å². The van der Waals surface area contributed by atoms with Crippen LogP contribution in [0, 0.1) is 6.92 Å². The average molecular weight is 562 g/mol.